The molecule has 4 rings (SSSR count). The number of hydrogen-bond acceptors (Lipinski definition) is 3. The zero-order chi connectivity index (χ0) is 18.8. The molecule has 1 amide bonds. The van der Waals surface area contributed by atoms with E-state index in [1.54, 1.807) is 0 Å². The molecular weight excluding hydrogens is 360 g/mol. The van der Waals surface area contributed by atoms with E-state index in [0.717, 1.165) is 43.8 Å². The lowest BCUT2D eigenvalue weighted by Gasteiger charge is -2.36. The Morgan fingerprint density at radius 2 is 2.00 bits per heavy atom. The molecule has 2 aliphatic rings. The van der Waals surface area contributed by atoms with Gasteiger partial charge in [0.05, 0.1) is 12.3 Å². The minimum Gasteiger partial charge on any atom is -0.450 e. The third-order valence-corrected chi connectivity index (χ3v) is 6.10. The first-order valence-corrected chi connectivity index (χ1v) is 10.2. The van der Waals surface area contributed by atoms with E-state index in [1.165, 1.54) is 22.4 Å². The van der Waals surface area contributed by atoms with Gasteiger partial charge in [0.2, 0.25) is 0 Å². The molecule has 4 nitrogen and oxygen atoms in total. The van der Waals surface area contributed by atoms with Crippen LogP contribution in [-0.2, 0) is 17.6 Å². The second-order valence-electron chi connectivity index (χ2n) is 7.39. The molecule has 1 atom stereocenters. The number of fused-ring (bicyclic) bond motifs is 2. The van der Waals surface area contributed by atoms with Gasteiger partial charge in [0.25, 0.3) is 0 Å². The molecule has 1 fully saturated rings. The van der Waals surface area contributed by atoms with Crippen molar-refractivity contribution in [2.45, 2.75) is 38.5 Å². The molecule has 0 radical (unpaired) electrons. The maximum Gasteiger partial charge on any atom is 0.409 e. The number of amides is 1. The molecule has 1 unspecified atom stereocenters. The number of nitrogens with zero attached hydrogens (tertiary/aromatic N) is 2. The fraction of sp³-hybridized carbons (Fsp3) is 0.455. The van der Waals surface area contributed by atoms with E-state index in [1.807, 2.05) is 30.2 Å². The number of benzene rings is 1. The van der Waals surface area contributed by atoms with Gasteiger partial charge in [-0.15, -0.1) is 0 Å². The number of rotatable bonds is 2. The van der Waals surface area contributed by atoms with Crippen LogP contribution in [0.15, 0.2) is 36.5 Å². The minimum absolute atomic E-state index is 0.192. The fourth-order valence-corrected chi connectivity index (χ4v) is 4.76. The van der Waals surface area contributed by atoms with Gasteiger partial charge >= 0.3 is 6.09 Å². The highest BCUT2D eigenvalue weighted by Crippen LogP contribution is 2.42. The maximum atomic E-state index is 12.0. The van der Waals surface area contributed by atoms with Crippen LogP contribution < -0.4 is 0 Å². The average molecular weight is 385 g/mol. The van der Waals surface area contributed by atoms with Gasteiger partial charge in [-0.05, 0) is 73.4 Å². The summed E-state index contributed by atoms with van der Waals surface area (Å²) in [6.07, 6.45) is 5.62. The number of aromatic nitrogens is 1. The summed E-state index contributed by atoms with van der Waals surface area (Å²) in [7, 11) is 0. The predicted molar refractivity (Wildman–Crippen MR) is 106 cm³/mol. The van der Waals surface area contributed by atoms with E-state index in [2.05, 4.69) is 18.2 Å². The maximum absolute atomic E-state index is 12.0. The van der Waals surface area contributed by atoms with E-state index in [0.29, 0.717) is 12.5 Å². The molecular formula is C22H25ClN2O2. The van der Waals surface area contributed by atoms with Crippen molar-refractivity contribution >= 4 is 17.7 Å². The Labute approximate surface area is 165 Å². The molecule has 0 saturated carbocycles. The van der Waals surface area contributed by atoms with E-state index in [4.69, 9.17) is 21.3 Å². The molecule has 2 aromatic rings. The molecule has 1 aromatic carbocycles. The molecule has 142 valence electrons. The Kier molecular flexibility index (Phi) is 5.35. The van der Waals surface area contributed by atoms with Crippen LogP contribution in [0.4, 0.5) is 4.79 Å². The summed E-state index contributed by atoms with van der Waals surface area (Å²) in [6.45, 7) is 3.75. The van der Waals surface area contributed by atoms with Gasteiger partial charge in [0.15, 0.2) is 0 Å². The highest BCUT2D eigenvalue weighted by molar-refractivity contribution is 6.30. The van der Waals surface area contributed by atoms with Gasteiger partial charge < -0.3 is 9.64 Å². The Balaban J connectivity index is 1.65. The van der Waals surface area contributed by atoms with E-state index >= 15 is 0 Å². The van der Waals surface area contributed by atoms with Crippen LogP contribution in [0.3, 0.4) is 0 Å². The Morgan fingerprint density at radius 3 is 2.78 bits per heavy atom. The Bertz CT molecular complexity index is 831. The molecule has 0 spiro atoms. The highest BCUT2D eigenvalue weighted by Gasteiger charge is 2.35. The van der Waals surface area contributed by atoms with Crippen molar-refractivity contribution in [1.82, 2.24) is 9.88 Å². The van der Waals surface area contributed by atoms with Gasteiger partial charge in [-0.25, -0.2) is 4.79 Å². The molecule has 0 N–H and O–H groups in total. The van der Waals surface area contributed by atoms with Gasteiger partial charge in [-0.1, -0.05) is 23.7 Å². The van der Waals surface area contributed by atoms with Crippen molar-refractivity contribution in [1.29, 1.82) is 0 Å². The first-order chi connectivity index (χ1) is 13.2. The predicted octanol–water partition coefficient (Wildman–Crippen LogP) is 4.83. The number of pyridine rings is 1. The quantitative estimate of drug-likeness (QED) is 0.744. The summed E-state index contributed by atoms with van der Waals surface area (Å²) in [6, 6.07) is 10.5. The van der Waals surface area contributed by atoms with Crippen molar-refractivity contribution in [2.24, 2.45) is 5.92 Å². The second kappa shape index (κ2) is 7.89. The number of hydrogen-bond donors (Lipinski definition) is 0. The lowest BCUT2D eigenvalue weighted by Crippen LogP contribution is -2.40. The van der Waals surface area contributed by atoms with Crippen molar-refractivity contribution in [3.63, 3.8) is 0 Å². The van der Waals surface area contributed by atoms with Gasteiger partial charge in [-0.3, -0.25) is 4.98 Å². The number of likely N-dealkylation sites (tertiary alicyclic amines) is 1. The summed E-state index contributed by atoms with van der Waals surface area (Å²) in [4.78, 5) is 18.7. The molecule has 27 heavy (non-hydrogen) atoms. The van der Waals surface area contributed by atoms with Crippen LogP contribution in [0, 0.1) is 5.92 Å². The monoisotopic (exact) mass is 384 g/mol. The largest absolute Gasteiger partial charge is 0.450 e. The topological polar surface area (TPSA) is 42.4 Å². The molecule has 5 heteroatoms. The zero-order valence-electron chi connectivity index (χ0n) is 15.7. The lowest BCUT2D eigenvalue weighted by atomic mass is 9.76. The van der Waals surface area contributed by atoms with E-state index in [9.17, 15) is 4.79 Å². The molecule has 1 aliphatic heterocycles. The van der Waals surface area contributed by atoms with Gasteiger partial charge in [-0.2, -0.15) is 0 Å². The number of piperidine rings is 1. The van der Waals surface area contributed by atoms with E-state index in [-0.39, 0.29) is 12.0 Å². The van der Waals surface area contributed by atoms with E-state index < -0.39 is 0 Å². The summed E-state index contributed by atoms with van der Waals surface area (Å²) in [5.74, 6) is 0.725. The number of aryl methyl sites for hydroxylation is 2. The van der Waals surface area contributed by atoms with Gasteiger partial charge in [0, 0.05) is 30.2 Å². The Hall–Kier alpha value is -2.07. The SMILES string of the molecule is CCOC(=O)N1CCC(C2c3ccc(Cl)cc3CCc3cccnc32)CC1. The Morgan fingerprint density at radius 1 is 1.22 bits per heavy atom. The minimum atomic E-state index is -0.192. The van der Waals surface area contributed by atoms with Crippen LogP contribution in [0.2, 0.25) is 5.02 Å². The molecule has 1 aromatic heterocycles. The smallest absolute Gasteiger partial charge is 0.409 e. The molecule has 0 bridgehead atoms. The zero-order valence-corrected chi connectivity index (χ0v) is 16.4. The number of carbonyl (C=O) groups excluding carboxylic acids is 1. The number of carbonyl (C=O) groups is 1. The standard InChI is InChI=1S/C22H25ClN2O2/c1-2-27-22(26)25-12-9-15(10-13-25)20-19-8-7-18(23)14-17(19)6-5-16-4-3-11-24-21(16)20/h3-4,7-8,11,14-15,20H,2,5-6,9-10,12-13H2,1H3. The van der Waals surface area contributed by atoms with Crippen molar-refractivity contribution in [3.8, 4) is 0 Å². The van der Waals surface area contributed by atoms with Crippen LogP contribution in [0.1, 0.15) is 48.1 Å². The van der Waals surface area contributed by atoms with Crippen molar-refractivity contribution in [3.05, 3.63) is 63.9 Å². The van der Waals surface area contributed by atoms with Crippen LogP contribution >= 0.6 is 11.6 Å². The van der Waals surface area contributed by atoms with Crippen LogP contribution in [0.25, 0.3) is 0 Å². The van der Waals surface area contributed by atoms with Crippen LogP contribution in [-0.4, -0.2) is 35.7 Å². The van der Waals surface area contributed by atoms with Crippen molar-refractivity contribution < 1.29 is 9.53 Å². The number of ether oxygens (including phenoxy) is 1. The summed E-state index contributed by atoms with van der Waals surface area (Å²) in [5, 5.41) is 0.795. The number of halogens is 1. The molecule has 1 aliphatic carbocycles. The summed E-state index contributed by atoms with van der Waals surface area (Å²) >= 11 is 6.28. The first kappa shape index (κ1) is 18.3. The third kappa shape index (κ3) is 3.68. The normalized spacial score (nSPS) is 19.8. The lowest BCUT2D eigenvalue weighted by molar-refractivity contribution is 0.0900. The first-order valence-electron chi connectivity index (χ1n) is 9.81. The van der Waals surface area contributed by atoms with Crippen LogP contribution in [0.5, 0.6) is 0 Å². The van der Waals surface area contributed by atoms with Crippen molar-refractivity contribution in [2.75, 3.05) is 19.7 Å². The molecule has 1 saturated heterocycles. The fourth-order valence-electron chi connectivity index (χ4n) is 4.56. The third-order valence-electron chi connectivity index (χ3n) is 5.86. The highest BCUT2D eigenvalue weighted by atomic mass is 35.5. The average Bonchev–Trinajstić information content (AvgIpc) is 2.85. The summed E-state index contributed by atoms with van der Waals surface area (Å²) in [5.41, 5.74) is 5.22. The second-order valence-corrected chi connectivity index (χ2v) is 7.83. The summed E-state index contributed by atoms with van der Waals surface area (Å²) < 4.78 is 5.17. The van der Waals surface area contributed by atoms with Gasteiger partial charge in [0.1, 0.15) is 0 Å². The molecule has 2 heterocycles.